The van der Waals surface area contributed by atoms with Gasteiger partial charge in [0.1, 0.15) is 0 Å². The quantitative estimate of drug-likeness (QED) is 0.354. The summed E-state index contributed by atoms with van der Waals surface area (Å²) in [6, 6.07) is 0.128. The van der Waals surface area contributed by atoms with Gasteiger partial charge in [0.25, 0.3) is 0 Å². The van der Waals surface area contributed by atoms with Crippen molar-refractivity contribution < 1.29 is 14.3 Å². The van der Waals surface area contributed by atoms with Crippen LogP contribution in [0.2, 0.25) is 0 Å². The fourth-order valence-corrected chi connectivity index (χ4v) is 3.23. The Hall–Kier alpha value is -2.49. The van der Waals surface area contributed by atoms with Crippen LogP contribution in [-0.4, -0.2) is 57.9 Å². The van der Waals surface area contributed by atoms with Crippen LogP contribution in [0.4, 0.5) is 4.79 Å². The molecule has 1 rings (SSSR count). The molecule has 2 unspecified atom stereocenters. The minimum Gasteiger partial charge on any atom is -0.450 e. The molecule has 0 radical (unpaired) electrons. The molecule has 1 aromatic heterocycles. The van der Waals surface area contributed by atoms with Crippen LogP contribution in [0.1, 0.15) is 65.7 Å². The Kier molecular flexibility index (Phi) is 9.22. The van der Waals surface area contributed by atoms with Crippen molar-refractivity contribution >= 4 is 12.0 Å². The van der Waals surface area contributed by atoms with E-state index < -0.39 is 17.2 Å². The van der Waals surface area contributed by atoms with Gasteiger partial charge in [0.05, 0.1) is 18.2 Å². The van der Waals surface area contributed by atoms with Crippen molar-refractivity contribution in [3.8, 4) is 0 Å². The Labute approximate surface area is 172 Å². The first-order chi connectivity index (χ1) is 13.6. The van der Waals surface area contributed by atoms with Crippen molar-refractivity contribution in [1.29, 1.82) is 0 Å². The summed E-state index contributed by atoms with van der Waals surface area (Å²) in [5.74, 6) is 0.456. The van der Waals surface area contributed by atoms with Gasteiger partial charge >= 0.3 is 6.09 Å². The van der Waals surface area contributed by atoms with Crippen molar-refractivity contribution in [3.05, 3.63) is 18.5 Å². The molecule has 1 aromatic rings. The van der Waals surface area contributed by atoms with E-state index in [2.05, 4.69) is 51.9 Å². The van der Waals surface area contributed by atoms with E-state index in [1.54, 1.807) is 0 Å². The van der Waals surface area contributed by atoms with E-state index >= 15 is 0 Å². The molecule has 0 bridgehead atoms. The lowest BCUT2D eigenvalue weighted by atomic mass is 9.84. The van der Waals surface area contributed by atoms with Gasteiger partial charge in [-0.3, -0.25) is 4.79 Å². The van der Waals surface area contributed by atoms with E-state index in [0.29, 0.717) is 25.2 Å². The molecule has 0 aromatic carbocycles. The van der Waals surface area contributed by atoms with Crippen LogP contribution in [0.25, 0.3) is 0 Å². The van der Waals surface area contributed by atoms with Crippen LogP contribution < -0.4 is 16.0 Å². The van der Waals surface area contributed by atoms with E-state index in [9.17, 15) is 9.59 Å². The van der Waals surface area contributed by atoms with Crippen LogP contribution in [0, 0.1) is 0 Å². The van der Waals surface area contributed by atoms with Gasteiger partial charge < -0.3 is 20.7 Å². The van der Waals surface area contributed by atoms with Crippen molar-refractivity contribution in [1.82, 2.24) is 36.2 Å². The normalized spacial score (nSPS) is 14.6. The Bertz CT molecular complexity index is 689. The Morgan fingerprint density at radius 1 is 1.34 bits per heavy atom. The fraction of sp³-hybridized carbons (Fsp3) is 0.737. The predicted octanol–water partition coefficient (Wildman–Crippen LogP) is 1.67. The molecule has 3 N–H and O–H groups in total. The second-order valence-corrected chi connectivity index (χ2v) is 7.96. The van der Waals surface area contributed by atoms with Gasteiger partial charge in [-0.15, -0.1) is 5.10 Å². The van der Waals surface area contributed by atoms with Gasteiger partial charge in [-0.05, 0) is 70.0 Å². The highest BCUT2D eigenvalue weighted by atomic mass is 16.5. The highest BCUT2D eigenvalue weighted by molar-refractivity contribution is 5.87. The maximum atomic E-state index is 11.9. The lowest BCUT2D eigenvalue weighted by molar-refractivity contribution is -0.118. The highest BCUT2D eigenvalue weighted by Crippen LogP contribution is 2.30. The number of carbonyl (C=O) groups is 2. The lowest BCUT2D eigenvalue weighted by Gasteiger charge is -2.38. The summed E-state index contributed by atoms with van der Waals surface area (Å²) < 4.78 is 6.86. The van der Waals surface area contributed by atoms with Crippen LogP contribution in [0.3, 0.4) is 0 Å². The molecule has 0 saturated carbocycles. The largest absolute Gasteiger partial charge is 0.450 e. The van der Waals surface area contributed by atoms with Crippen molar-refractivity contribution in [3.63, 3.8) is 0 Å². The first-order valence-electron chi connectivity index (χ1n) is 9.91. The summed E-state index contributed by atoms with van der Waals surface area (Å²) in [6.07, 6.45) is 2.83. The minimum absolute atomic E-state index is 0.128. The SMILES string of the molecule is C=CC(=O)NC(C)(C)CC(C)(NCCCOC(=O)NC)c1nnnn1C(C)CC. The summed E-state index contributed by atoms with van der Waals surface area (Å²) in [5, 5.41) is 21.2. The number of nitrogens with one attached hydrogen (secondary N) is 3. The molecule has 0 aliphatic heterocycles. The van der Waals surface area contributed by atoms with Crippen LogP contribution >= 0.6 is 0 Å². The van der Waals surface area contributed by atoms with Gasteiger partial charge in [-0.2, -0.15) is 0 Å². The summed E-state index contributed by atoms with van der Waals surface area (Å²) in [6.45, 7) is 14.4. The second kappa shape index (κ2) is 10.9. The van der Waals surface area contributed by atoms with Crippen molar-refractivity contribution in [2.75, 3.05) is 20.2 Å². The third kappa shape index (κ3) is 7.45. The molecule has 0 aliphatic carbocycles. The zero-order valence-electron chi connectivity index (χ0n) is 18.4. The van der Waals surface area contributed by atoms with E-state index in [4.69, 9.17) is 4.74 Å². The first-order valence-corrected chi connectivity index (χ1v) is 9.91. The van der Waals surface area contributed by atoms with Crippen molar-refractivity contribution in [2.24, 2.45) is 0 Å². The first kappa shape index (κ1) is 24.5. The molecular formula is C19H35N7O3. The number of ether oxygens (including phenoxy) is 1. The number of aromatic nitrogens is 4. The number of alkyl carbamates (subject to hydrolysis) is 1. The summed E-state index contributed by atoms with van der Waals surface area (Å²) in [7, 11) is 1.52. The standard InChI is InChI=1S/C19H35N7O3/c1-8-14(3)26-16(23-24-25-26)19(6,13-18(4,5)22-15(27)9-2)21-11-10-12-29-17(28)20-7/h9,14,21H,2,8,10-13H2,1,3-7H3,(H,20,28)(H,22,27). The molecule has 29 heavy (non-hydrogen) atoms. The maximum Gasteiger partial charge on any atom is 0.406 e. The summed E-state index contributed by atoms with van der Waals surface area (Å²) >= 11 is 0. The molecule has 0 spiro atoms. The van der Waals surface area contributed by atoms with Gasteiger partial charge in [-0.25, -0.2) is 9.48 Å². The molecule has 0 aliphatic rings. The minimum atomic E-state index is -0.627. The third-order valence-electron chi connectivity index (χ3n) is 4.71. The Balaban J connectivity index is 3.01. The molecule has 2 amide bonds. The zero-order valence-corrected chi connectivity index (χ0v) is 18.4. The smallest absolute Gasteiger partial charge is 0.406 e. The molecule has 10 nitrogen and oxygen atoms in total. The average molecular weight is 410 g/mol. The molecule has 164 valence electrons. The predicted molar refractivity (Wildman–Crippen MR) is 110 cm³/mol. The topological polar surface area (TPSA) is 123 Å². The number of amides is 2. The summed E-state index contributed by atoms with van der Waals surface area (Å²) in [4.78, 5) is 23.1. The number of hydrogen-bond acceptors (Lipinski definition) is 7. The number of hydrogen-bond donors (Lipinski definition) is 3. The molecule has 1 heterocycles. The molecule has 0 fully saturated rings. The van der Waals surface area contributed by atoms with Crippen molar-refractivity contribution in [2.45, 2.75) is 71.0 Å². The maximum absolute atomic E-state index is 11.9. The van der Waals surface area contributed by atoms with Gasteiger partial charge in [0, 0.05) is 12.6 Å². The zero-order chi connectivity index (χ0) is 22.1. The monoisotopic (exact) mass is 409 g/mol. The Morgan fingerprint density at radius 3 is 2.62 bits per heavy atom. The van der Waals surface area contributed by atoms with Crippen LogP contribution in [0.15, 0.2) is 12.7 Å². The van der Waals surface area contributed by atoms with Gasteiger partial charge in [0.2, 0.25) is 5.91 Å². The molecular weight excluding hydrogens is 374 g/mol. The number of carbonyl (C=O) groups excluding carboxylic acids is 2. The second-order valence-electron chi connectivity index (χ2n) is 7.96. The Morgan fingerprint density at radius 2 is 2.03 bits per heavy atom. The molecule has 0 saturated heterocycles. The molecule has 2 atom stereocenters. The summed E-state index contributed by atoms with van der Waals surface area (Å²) in [5.41, 5.74) is -1.17. The van der Waals surface area contributed by atoms with E-state index in [1.807, 2.05) is 25.5 Å². The third-order valence-corrected chi connectivity index (χ3v) is 4.71. The fourth-order valence-electron chi connectivity index (χ4n) is 3.23. The van der Waals surface area contributed by atoms with Gasteiger partial charge in [0.15, 0.2) is 5.82 Å². The number of rotatable bonds is 12. The van der Waals surface area contributed by atoms with E-state index in [0.717, 1.165) is 6.42 Å². The van der Waals surface area contributed by atoms with Gasteiger partial charge in [-0.1, -0.05) is 13.5 Å². The van der Waals surface area contributed by atoms with Crippen LogP contribution in [-0.2, 0) is 15.1 Å². The average Bonchev–Trinajstić information content (AvgIpc) is 3.16. The highest BCUT2D eigenvalue weighted by Gasteiger charge is 2.39. The number of nitrogens with zero attached hydrogens (tertiary/aromatic N) is 4. The number of tetrazole rings is 1. The van der Waals surface area contributed by atoms with E-state index in [-0.39, 0.29) is 18.6 Å². The molecule has 10 heteroatoms. The van der Waals surface area contributed by atoms with E-state index in [1.165, 1.54) is 13.1 Å². The van der Waals surface area contributed by atoms with Crippen LogP contribution in [0.5, 0.6) is 0 Å². The lowest BCUT2D eigenvalue weighted by Crippen LogP contribution is -2.53.